The van der Waals surface area contributed by atoms with Gasteiger partial charge in [-0.25, -0.2) is 19.2 Å². The summed E-state index contributed by atoms with van der Waals surface area (Å²) in [5.74, 6) is -8.22. The average molecular weight is 1450 g/mol. The van der Waals surface area contributed by atoms with E-state index in [2.05, 4.69) is 96.0 Å². The fourth-order valence-corrected chi connectivity index (χ4v) is 18.3. The normalized spacial score (nSPS) is 18.2. The van der Waals surface area contributed by atoms with Crippen LogP contribution in [0.15, 0.2) is 125 Å². The van der Waals surface area contributed by atoms with Crippen molar-refractivity contribution < 1.29 is 89.3 Å². The van der Waals surface area contributed by atoms with Crippen LogP contribution in [-0.2, 0) is 71.0 Å². The Hall–Kier alpha value is -7.55. The minimum Gasteiger partial charge on any atom is -0.481 e. The van der Waals surface area contributed by atoms with E-state index >= 15 is 0 Å². The molecule has 6 rings (SSSR count). The number of nitrogens with one attached hydrogen (secondary N) is 5. The van der Waals surface area contributed by atoms with Crippen molar-refractivity contribution in [3.63, 3.8) is 0 Å². The molecule has 24 nitrogen and oxygen atoms in total. The molecule has 3 aromatic rings. The van der Waals surface area contributed by atoms with Crippen LogP contribution in [-0.4, -0.2) is 165 Å². The number of thioether (sulfide) groups is 1. The molecule has 0 saturated heterocycles. The van der Waals surface area contributed by atoms with E-state index in [0.29, 0.717) is 63.2 Å². The number of fused-ring (bicyclic) bond motifs is 2. The van der Waals surface area contributed by atoms with Crippen LogP contribution in [0.3, 0.4) is 0 Å². The van der Waals surface area contributed by atoms with E-state index in [-0.39, 0.29) is 61.8 Å². The highest BCUT2D eigenvalue weighted by atomic mass is 32.2. The van der Waals surface area contributed by atoms with Crippen LogP contribution >= 0.6 is 19.7 Å². The molecule has 540 valence electrons. The van der Waals surface area contributed by atoms with Gasteiger partial charge >= 0.3 is 29.9 Å². The van der Waals surface area contributed by atoms with E-state index in [9.17, 15) is 79.6 Å². The maximum absolute atomic E-state index is 14.7. The summed E-state index contributed by atoms with van der Waals surface area (Å²) >= 11 is 1.31. The van der Waals surface area contributed by atoms with Crippen molar-refractivity contribution in [1.29, 1.82) is 0 Å². The van der Waals surface area contributed by atoms with E-state index in [1.54, 1.807) is 24.3 Å². The van der Waals surface area contributed by atoms with Crippen LogP contribution in [0.1, 0.15) is 155 Å². The maximum Gasteiger partial charge on any atom is 0.327 e. The lowest BCUT2D eigenvalue weighted by molar-refractivity contribution is -0.438. The number of rotatable bonds is 39. The first kappa shape index (κ1) is 80.4. The molecule has 3 aromatic carbocycles. The molecule has 0 saturated carbocycles. The van der Waals surface area contributed by atoms with Gasteiger partial charge in [0, 0.05) is 72.4 Å². The quantitative estimate of drug-likeness (QED) is 0.0110. The van der Waals surface area contributed by atoms with Crippen molar-refractivity contribution in [2.75, 3.05) is 36.5 Å². The van der Waals surface area contributed by atoms with Gasteiger partial charge in [-0.05, 0) is 136 Å². The predicted octanol–water partition coefficient (Wildman–Crippen LogP) is 9.13. The predicted molar refractivity (Wildman–Crippen MR) is 382 cm³/mol. The molecule has 5 amide bonds. The molecule has 28 heteroatoms. The number of unbranched alkanes of at least 4 members (excludes halogenated alkanes) is 2. The Labute approximate surface area is 585 Å². The summed E-state index contributed by atoms with van der Waals surface area (Å²) in [7, 11) is -9.25. The molecule has 0 spiro atoms. The van der Waals surface area contributed by atoms with Gasteiger partial charge in [-0.1, -0.05) is 126 Å². The topological polar surface area (TPSA) is 389 Å². The lowest BCUT2D eigenvalue weighted by atomic mass is 9.81. The van der Waals surface area contributed by atoms with Gasteiger partial charge in [-0.2, -0.15) is 21.4 Å². The second-order valence-electron chi connectivity index (χ2n) is 27.4. The largest absolute Gasteiger partial charge is 0.481 e. The van der Waals surface area contributed by atoms with Crippen molar-refractivity contribution in [2.45, 2.75) is 180 Å². The summed E-state index contributed by atoms with van der Waals surface area (Å²) in [4.78, 5) is 103. The van der Waals surface area contributed by atoms with Crippen molar-refractivity contribution in [1.82, 2.24) is 26.6 Å². The molecule has 0 radical (unpaired) electrons. The molecule has 3 unspecified atom stereocenters. The molecule has 3 aliphatic rings. The second-order valence-corrected chi connectivity index (χ2v) is 33.9. The number of carboxylic acids is 4. The Kier molecular flexibility index (Phi) is 29.4. The second kappa shape index (κ2) is 36.2. The SMILES string of the molecule is CC(CCC(C)(C)CC(=O)N[C@@H](Cc1ccccc1)C(=O)N[C@H](CSC1=C(C=CC2=[N+](CCCCS(=O)(=O)O)c3ccccc3C2(C)C)CCCC1=CC=C1P(CCCCS(=O)(=O)O)c2ccccc2C1(C)C)C(=O)O)CNC(=O)CCC(NC(=O)N[C@@H](CCC(=O)O)C(=O)O)C(=O)O. The Morgan fingerprint density at radius 3 is 1.88 bits per heavy atom. The Morgan fingerprint density at radius 1 is 0.657 bits per heavy atom. The molecular formula is C71H96N6O18PS3+. The number of benzene rings is 3. The third kappa shape index (κ3) is 24.6. The number of urea groups is 1. The van der Waals surface area contributed by atoms with E-state index in [4.69, 9.17) is 5.11 Å². The minimum absolute atomic E-state index is 0.0318. The van der Waals surface area contributed by atoms with E-state index in [1.165, 1.54) is 27.9 Å². The zero-order valence-corrected chi connectivity index (χ0v) is 60.6. The van der Waals surface area contributed by atoms with E-state index in [1.807, 2.05) is 62.5 Å². The highest BCUT2D eigenvalue weighted by molar-refractivity contribution is 8.03. The molecule has 2 aliphatic heterocycles. The van der Waals surface area contributed by atoms with Gasteiger partial charge < -0.3 is 47.0 Å². The number of nitrogens with zero attached hydrogens (tertiary/aromatic N) is 1. The number of aliphatic carboxylic acids is 4. The summed E-state index contributed by atoms with van der Waals surface area (Å²) in [5.41, 5.74) is 5.24. The Morgan fingerprint density at radius 2 is 1.25 bits per heavy atom. The number of hydrogen-bond acceptors (Lipinski definition) is 13. The van der Waals surface area contributed by atoms with Crippen LogP contribution in [0.25, 0.3) is 0 Å². The number of allylic oxidation sites excluding steroid dienone is 7. The first-order chi connectivity index (χ1) is 46.5. The van der Waals surface area contributed by atoms with Gasteiger partial charge in [0.2, 0.25) is 23.4 Å². The van der Waals surface area contributed by atoms with Gasteiger partial charge in [0.25, 0.3) is 20.2 Å². The molecular weight excluding hydrogens is 1350 g/mol. The Balaban J connectivity index is 1.21. The van der Waals surface area contributed by atoms with Crippen LogP contribution in [0.5, 0.6) is 0 Å². The number of carbonyl (C=O) groups excluding carboxylic acids is 4. The molecule has 6 atom stereocenters. The first-order valence-corrected chi connectivity index (χ1v) is 39.0. The van der Waals surface area contributed by atoms with E-state index < -0.39 is 129 Å². The van der Waals surface area contributed by atoms with Crippen molar-refractivity contribution in [3.05, 3.63) is 141 Å². The molecule has 99 heavy (non-hydrogen) atoms. The van der Waals surface area contributed by atoms with Gasteiger partial charge in [-0.3, -0.25) is 28.3 Å². The van der Waals surface area contributed by atoms with Gasteiger partial charge in [-0.15, -0.1) is 11.8 Å². The van der Waals surface area contributed by atoms with Gasteiger partial charge in [0.05, 0.1) is 16.9 Å². The monoisotopic (exact) mass is 1450 g/mol. The zero-order valence-electron chi connectivity index (χ0n) is 57.3. The molecule has 11 N–H and O–H groups in total. The van der Waals surface area contributed by atoms with Crippen molar-refractivity contribution in [3.8, 4) is 0 Å². The fourth-order valence-electron chi connectivity index (χ4n) is 12.6. The van der Waals surface area contributed by atoms with E-state index in [0.717, 1.165) is 39.4 Å². The number of para-hydroxylation sites is 1. The zero-order chi connectivity index (χ0) is 73.0. The molecule has 2 heterocycles. The van der Waals surface area contributed by atoms with Crippen LogP contribution < -0.4 is 31.9 Å². The molecule has 0 aromatic heterocycles. The number of carbonyl (C=O) groups is 8. The summed E-state index contributed by atoms with van der Waals surface area (Å²) < 4.78 is 68.2. The minimum atomic E-state index is -4.17. The first-order valence-electron chi connectivity index (χ1n) is 33.3. The summed E-state index contributed by atoms with van der Waals surface area (Å²) in [5, 5.41) is 53.9. The lowest BCUT2D eigenvalue weighted by Crippen LogP contribution is -2.53. The number of carboxylic acid groups (broad SMARTS) is 4. The fraction of sp³-hybridized carbons (Fsp3) is 0.507. The molecule has 1 aliphatic carbocycles. The molecule has 0 bridgehead atoms. The summed E-state index contributed by atoms with van der Waals surface area (Å²) in [6.45, 7) is 14.9. The highest BCUT2D eigenvalue weighted by Gasteiger charge is 2.45. The van der Waals surface area contributed by atoms with Crippen LogP contribution in [0.2, 0.25) is 0 Å². The summed E-state index contributed by atoms with van der Waals surface area (Å²) in [6.07, 6.45) is 12.1. The van der Waals surface area contributed by atoms with Crippen molar-refractivity contribution in [2.24, 2.45) is 11.3 Å². The Bertz CT molecular complexity index is 3850. The van der Waals surface area contributed by atoms with Gasteiger partial charge in [0.15, 0.2) is 5.71 Å². The smallest absolute Gasteiger partial charge is 0.327 e. The summed E-state index contributed by atoms with van der Waals surface area (Å²) in [6, 6.07) is 18.3. The third-order valence-electron chi connectivity index (χ3n) is 18.1. The van der Waals surface area contributed by atoms with Crippen LogP contribution in [0, 0.1) is 11.3 Å². The lowest BCUT2D eigenvalue weighted by Gasteiger charge is -2.28. The van der Waals surface area contributed by atoms with Crippen molar-refractivity contribution >= 4 is 104 Å². The number of amides is 5. The standard InChI is InChI=1S/C71H95N6O18PS3/c1-46(44-72-60(78)34-30-52(65(83)84)75-68(89)76-53(66(85)86)31-35-62(80)81)36-37-69(2,3)43-61(79)73-54(42-47-20-9-8-10-21-47)64(82)74-55(67(87)88)45-97-63-48(28-32-58-70(4,5)50-24-11-13-26-56(50)77(58)38-15-17-40-98(90,91)92)22-19-23-49(63)29-33-59-71(6,7)51-25-12-14-27-57(51)96(59)39-16-18-41-99(93,94)95/h8-14,20-21,24-29,32-33,46,52-55H,15-19,22-23,30-31,34-45H2,1-7H3,(H10-,72,73,74,75,76,78,79,80,81,82,83,84,85,86,87,88,89,90,91,92,93,94,95)/p+1/t46?,52?,53-,54-,55+,96?/m0/s1. The highest BCUT2D eigenvalue weighted by Crippen LogP contribution is 2.60. The molecule has 0 fully saturated rings. The third-order valence-corrected chi connectivity index (χ3v) is 24.0. The average Bonchev–Trinajstić information content (AvgIpc) is 1.59. The number of hydrogen-bond donors (Lipinski definition) is 11. The van der Waals surface area contributed by atoms with Gasteiger partial charge in [0.1, 0.15) is 30.7 Å². The van der Waals surface area contributed by atoms with Crippen LogP contribution in [0.4, 0.5) is 10.5 Å². The maximum atomic E-state index is 14.7.